The molecule has 38 heavy (non-hydrogen) atoms. The van der Waals surface area contributed by atoms with Crippen LogP contribution in [0.25, 0.3) is 22.4 Å². The fourth-order valence-corrected chi connectivity index (χ4v) is 4.33. The highest BCUT2D eigenvalue weighted by atomic mass is 19.4. The summed E-state index contributed by atoms with van der Waals surface area (Å²) in [7, 11) is 0. The predicted molar refractivity (Wildman–Crippen MR) is 144 cm³/mol. The molecule has 1 aromatic heterocycles. The van der Waals surface area contributed by atoms with Crippen LogP contribution in [-0.2, 0) is 4.74 Å². The molecular formula is C28H36F4N4O2. The molecule has 208 valence electrons. The van der Waals surface area contributed by atoms with Crippen molar-refractivity contribution in [2.75, 3.05) is 18.4 Å². The standard InChI is InChI=1S/C28H36F4N4O2/c1-6-18-16-24(22(29)12-14-33-18)36-23-11-7-10-20-21(23)15-19(35-25(20)17(2)28(30,31)32)9-8-13-34-26(37)38-27(3,4)5/h7-11,15,18,22,24,33,36H,2,6,12-14,16H2,1,3-5H3,(H,34,37)/b9-8+/t18?,22-,24+/m0/s1. The van der Waals surface area contributed by atoms with Gasteiger partial charge in [-0.3, -0.25) is 0 Å². The van der Waals surface area contributed by atoms with Crippen LogP contribution in [0.4, 0.5) is 28.0 Å². The van der Waals surface area contributed by atoms with Crippen LogP contribution in [0.5, 0.6) is 0 Å². The second-order valence-corrected chi connectivity index (χ2v) is 10.4. The van der Waals surface area contributed by atoms with Gasteiger partial charge < -0.3 is 20.7 Å². The van der Waals surface area contributed by atoms with E-state index >= 15 is 0 Å². The molecule has 1 unspecified atom stereocenters. The quantitative estimate of drug-likeness (QED) is 0.347. The molecule has 1 aromatic carbocycles. The van der Waals surface area contributed by atoms with Gasteiger partial charge in [0.1, 0.15) is 11.8 Å². The molecule has 1 amide bonds. The lowest BCUT2D eigenvalue weighted by molar-refractivity contribution is -0.0688. The Morgan fingerprint density at radius 1 is 1.26 bits per heavy atom. The molecule has 1 aliphatic heterocycles. The second-order valence-electron chi connectivity index (χ2n) is 10.4. The number of anilines is 1. The lowest BCUT2D eigenvalue weighted by atomic mass is 9.99. The topological polar surface area (TPSA) is 75.3 Å². The highest BCUT2D eigenvalue weighted by Gasteiger charge is 2.35. The van der Waals surface area contributed by atoms with E-state index in [0.717, 1.165) is 6.42 Å². The molecule has 10 heteroatoms. The summed E-state index contributed by atoms with van der Waals surface area (Å²) in [6, 6.07) is 6.19. The van der Waals surface area contributed by atoms with Gasteiger partial charge in [0, 0.05) is 29.0 Å². The number of hydrogen-bond donors (Lipinski definition) is 3. The van der Waals surface area contributed by atoms with Gasteiger partial charge in [-0.2, -0.15) is 13.2 Å². The monoisotopic (exact) mass is 536 g/mol. The molecule has 2 aromatic rings. The first kappa shape index (κ1) is 29.4. The molecule has 3 rings (SSSR count). The number of nitrogens with zero attached hydrogens (tertiary/aromatic N) is 1. The molecule has 3 N–H and O–H groups in total. The number of nitrogens with one attached hydrogen (secondary N) is 3. The van der Waals surface area contributed by atoms with Gasteiger partial charge in [0.2, 0.25) is 0 Å². The Kier molecular flexibility index (Phi) is 9.40. The van der Waals surface area contributed by atoms with Crippen molar-refractivity contribution in [2.24, 2.45) is 0 Å². The number of hydrogen-bond acceptors (Lipinski definition) is 5. The van der Waals surface area contributed by atoms with Crippen molar-refractivity contribution in [3.05, 3.63) is 48.3 Å². The Morgan fingerprint density at radius 2 is 2.00 bits per heavy atom. The Morgan fingerprint density at radius 3 is 2.66 bits per heavy atom. The SMILES string of the molecule is C=C(c1nc(/C=C/CNC(=O)OC(C)(C)C)cc2c(N[C@@H]3CC(CC)NCC[C@@H]3F)cccc12)C(F)(F)F. The number of halogens is 4. The smallest absolute Gasteiger partial charge is 0.417 e. The average Bonchev–Trinajstić information content (AvgIpc) is 3.00. The maximum absolute atomic E-state index is 15.0. The summed E-state index contributed by atoms with van der Waals surface area (Å²) in [4.78, 5) is 16.1. The highest BCUT2D eigenvalue weighted by molar-refractivity contribution is 6.00. The zero-order chi connectivity index (χ0) is 28.1. The minimum atomic E-state index is -4.69. The molecule has 3 atom stereocenters. The Bertz CT molecular complexity index is 1170. The van der Waals surface area contributed by atoms with E-state index < -0.39 is 35.7 Å². The van der Waals surface area contributed by atoms with Gasteiger partial charge in [-0.25, -0.2) is 14.2 Å². The first-order chi connectivity index (χ1) is 17.8. The summed E-state index contributed by atoms with van der Waals surface area (Å²) in [5, 5.41) is 9.89. The molecule has 0 aliphatic carbocycles. The first-order valence-corrected chi connectivity index (χ1v) is 12.8. The number of carbonyl (C=O) groups excluding carboxylic acids is 1. The fraction of sp³-hybridized carbons (Fsp3) is 0.500. The van der Waals surface area contributed by atoms with Gasteiger partial charge in [-0.15, -0.1) is 0 Å². The molecule has 2 heterocycles. The van der Waals surface area contributed by atoms with Crippen molar-refractivity contribution in [3.63, 3.8) is 0 Å². The number of amides is 1. The number of benzene rings is 1. The molecule has 0 spiro atoms. The zero-order valence-electron chi connectivity index (χ0n) is 22.2. The number of aromatic nitrogens is 1. The van der Waals surface area contributed by atoms with E-state index in [4.69, 9.17) is 4.74 Å². The van der Waals surface area contributed by atoms with Crippen LogP contribution < -0.4 is 16.0 Å². The van der Waals surface area contributed by atoms with E-state index in [-0.39, 0.29) is 29.4 Å². The van der Waals surface area contributed by atoms with Crippen molar-refractivity contribution < 1.29 is 27.1 Å². The number of carbonyl (C=O) groups is 1. The first-order valence-electron chi connectivity index (χ1n) is 12.8. The Hall–Kier alpha value is -3.14. The molecular weight excluding hydrogens is 500 g/mol. The summed E-state index contributed by atoms with van der Waals surface area (Å²) >= 11 is 0. The normalized spacial score (nSPS) is 20.8. The minimum Gasteiger partial charge on any atom is -0.444 e. The van der Waals surface area contributed by atoms with Crippen LogP contribution in [-0.4, -0.2) is 54.2 Å². The molecule has 1 aliphatic rings. The van der Waals surface area contributed by atoms with Crippen LogP contribution >= 0.6 is 0 Å². The van der Waals surface area contributed by atoms with Gasteiger partial charge in [0.05, 0.1) is 23.0 Å². The van der Waals surface area contributed by atoms with E-state index in [0.29, 0.717) is 30.5 Å². The van der Waals surface area contributed by atoms with Crippen molar-refractivity contribution in [1.82, 2.24) is 15.6 Å². The molecule has 1 fully saturated rings. The lowest BCUT2D eigenvalue weighted by Crippen LogP contribution is -2.34. The molecule has 0 bridgehead atoms. The summed E-state index contributed by atoms with van der Waals surface area (Å²) in [6.07, 6.45) is -1.61. The van der Waals surface area contributed by atoms with Crippen LogP contribution in [0, 0.1) is 0 Å². The maximum Gasteiger partial charge on any atom is 0.417 e. The lowest BCUT2D eigenvalue weighted by Gasteiger charge is -2.25. The average molecular weight is 537 g/mol. The van der Waals surface area contributed by atoms with E-state index in [9.17, 15) is 22.4 Å². The zero-order valence-corrected chi connectivity index (χ0v) is 22.2. The van der Waals surface area contributed by atoms with Crippen molar-refractivity contribution >= 4 is 34.2 Å². The molecule has 0 saturated carbocycles. The summed E-state index contributed by atoms with van der Waals surface area (Å²) in [5.74, 6) is 0. The number of ether oxygens (including phenoxy) is 1. The maximum atomic E-state index is 15.0. The largest absolute Gasteiger partial charge is 0.444 e. The van der Waals surface area contributed by atoms with Crippen molar-refractivity contribution in [2.45, 2.75) is 77.0 Å². The number of allylic oxidation sites excluding steroid dienone is 1. The van der Waals surface area contributed by atoms with E-state index in [1.165, 1.54) is 6.08 Å². The van der Waals surface area contributed by atoms with Gasteiger partial charge in [0.25, 0.3) is 0 Å². The minimum absolute atomic E-state index is 0.0844. The Labute approximate surface area is 220 Å². The highest BCUT2D eigenvalue weighted by Crippen LogP contribution is 2.37. The van der Waals surface area contributed by atoms with Gasteiger partial charge >= 0.3 is 12.3 Å². The third kappa shape index (κ3) is 7.93. The fourth-order valence-electron chi connectivity index (χ4n) is 4.33. The van der Waals surface area contributed by atoms with Crippen LogP contribution in [0.15, 0.2) is 36.9 Å². The number of alkyl halides is 4. The molecule has 0 radical (unpaired) electrons. The van der Waals surface area contributed by atoms with Crippen molar-refractivity contribution in [1.29, 1.82) is 0 Å². The predicted octanol–water partition coefficient (Wildman–Crippen LogP) is 6.63. The van der Waals surface area contributed by atoms with Crippen LogP contribution in [0.1, 0.15) is 58.3 Å². The Balaban J connectivity index is 1.96. The third-order valence-corrected chi connectivity index (χ3v) is 6.24. The number of pyridine rings is 1. The van der Waals surface area contributed by atoms with Crippen LogP contribution in [0.2, 0.25) is 0 Å². The molecule has 6 nitrogen and oxygen atoms in total. The molecule has 1 saturated heterocycles. The van der Waals surface area contributed by atoms with Gasteiger partial charge in [-0.05, 0) is 64.8 Å². The van der Waals surface area contributed by atoms with E-state index in [1.54, 1.807) is 51.1 Å². The number of rotatable bonds is 7. The van der Waals surface area contributed by atoms with E-state index in [1.807, 2.05) is 6.92 Å². The van der Waals surface area contributed by atoms with Gasteiger partial charge in [0.15, 0.2) is 0 Å². The summed E-state index contributed by atoms with van der Waals surface area (Å²) in [6.45, 7) is 11.2. The van der Waals surface area contributed by atoms with Gasteiger partial charge in [-0.1, -0.05) is 31.7 Å². The third-order valence-electron chi connectivity index (χ3n) is 6.24. The van der Waals surface area contributed by atoms with Crippen LogP contribution in [0.3, 0.4) is 0 Å². The summed E-state index contributed by atoms with van der Waals surface area (Å²) in [5.41, 5.74) is -1.28. The van der Waals surface area contributed by atoms with Crippen molar-refractivity contribution in [3.8, 4) is 0 Å². The number of alkyl carbamates (subject to hydrolysis) is 1. The van der Waals surface area contributed by atoms with E-state index in [2.05, 4.69) is 27.5 Å². The second kappa shape index (κ2) is 12.1. The summed E-state index contributed by atoms with van der Waals surface area (Å²) < 4.78 is 61.2. The number of fused-ring (bicyclic) bond motifs is 1.